The highest BCUT2D eigenvalue weighted by Crippen LogP contribution is 2.24. The molecule has 0 fully saturated rings. The molecular weight excluding hydrogens is 383 g/mol. The molecule has 0 amide bonds. The molecule has 0 atom stereocenters. The molecule has 2 heteroatoms. The molecule has 0 radical (unpaired) electrons. The van der Waals surface area contributed by atoms with Crippen LogP contribution in [0.3, 0.4) is 0 Å². The maximum Gasteiger partial charge on any atom is 0.193 e. The molecule has 0 heterocycles. The van der Waals surface area contributed by atoms with E-state index in [1.165, 1.54) is 14.7 Å². The van der Waals surface area contributed by atoms with Crippen molar-refractivity contribution in [3.05, 3.63) is 93.1 Å². The highest BCUT2D eigenvalue weighted by molar-refractivity contribution is 14.1. The lowest BCUT2D eigenvalue weighted by molar-refractivity contribution is 0.103. The first-order valence-corrected chi connectivity index (χ1v) is 8.19. The van der Waals surface area contributed by atoms with E-state index < -0.39 is 0 Å². The van der Waals surface area contributed by atoms with Crippen molar-refractivity contribution >= 4 is 28.4 Å². The van der Waals surface area contributed by atoms with E-state index >= 15 is 0 Å². The van der Waals surface area contributed by atoms with Crippen LogP contribution < -0.4 is 0 Å². The second-order valence-electron chi connectivity index (χ2n) is 5.24. The van der Waals surface area contributed by atoms with Crippen LogP contribution in [0, 0.1) is 10.5 Å². The van der Waals surface area contributed by atoms with E-state index in [9.17, 15) is 4.79 Å². The topological polar surface area (TPSA) is 17.1 Å². The Hall–Kier alpha value is -1.94. The second-order valence-corrected chi connectivity index (χ2v) is 6.40. The normalized spacial score (nSPS) is 10.5. The number of rotatable bonds is 3. The molecule has 22 heavy (non-hydrogen) atoms. The van der Waals surface area contributed by atoms with Gasteiger partial charge in [0.15, 0.2) is 5.78 Å². The molecule has 3 aromatic carbocycles. The van der Waals surface area contributed by atoms with E-state index in [1.807, 2.05) is 54.6 Å². The van der Waals surface area contributed by atoms with Crippen LogP contribution in [0.5, 0.6) is 0 Å². The van der Waals surface area contributed by atoms with E-state index in [4.69, 9.17) is 0 Å². The van der Waals surface area contributed by atoms with Gasteiger partial charge in [-0.25, -0.2) is 0 Å². The zero-order valence-corrected chi connectivity index (χ0v) is 14.4. The molecule has 0 aliphatic rings. The van der Waals surface area contributed by atoms with Gasteiger partial charge in [0, 0.05) is 14.7 Å². The summed E-state index contributed by atoms with van der Waals surface area (Å²) in [5.74, 6) is 0.0608. The molecule has 3 rings (SSSR count). The van der Waals surface area contributed by atoms with Crippen LogP contribution in [-0.2, 0) is 0 Å². The number of benzene rings is 3. The molecule has 0 unspecified atom stereocenters. The second kappa shape index (κ2) is 6.44. The van der Waals surface area contributed by atoms with Gasteiger partial charge in [-0.3, -0.25) is 4.79 Å². The number of hydrogen-bond donors (Lipinski definition) is 0. The van der Waals surface area contributed by atoms with Crippen LogP contribution in [-0.4, -0.2) is 5.78 Å². The zero-order valence-electron chi connectivity index (χ0n) is 12.2. The Labute approximate surface area is 144 Å². The van der Waals surface area contributed by atoms with Crippen molar-refractivity contribution in [3.8, 4) is 11.1 Å². The minimum atomic E-state index is 0.0608. The fraction of sp³-hybridized carbons (Fsp3) is 0.0500. The molecule has 0 aliphatic carbocycles. The molecular formula is C20H15IO. The van der Waals surface area contributed by atoms with E-state index in [0.717, 1.165) is 16.7 Å². The van der Waals surface area contributed by atoms with Gasteiger partial charge in [0.05, 0.1) is 0 Å². The first-order valence-electron chi connectivity index (χ1n) is 7.11. The van der Waals surface area contributed by atoms with Gasteiger partial charge in [-0.15, -0.1) is 0 Å². The summed E-state index contributed by atoms with van der Waals surface area (Å²) in [6.07, 6.45) is 0. The Morgan fingerprint density at radius 1 is 0.773 bits per heavy atom. The molecule has 0 bridgehead atoms. The van der Waals surface area contributed by atoms with Crippen molar-refractivity contribution in [1.29, 1.82) is 0 Å². The van der Waals surface area contributed by atoms with Crippen molar-refractivity contribution in [1.82, 2.24) is 0 Å². The summed E-state index contributed by atoms with van der Waals surface area (Å²) in [4.78, 5) is 12.4. The Morgan fingerprint density at radius 3 is 2.00 bits per heavy atom. The third-order valence-corrected chi connectivity index (χ3v) is 4.85. The lowest BCUT2D eigenvalue weighted by Gasteiger charge is -2.06. The van der Waals surface area contributed by atoms with Gasteiger partial charge in [-0.1, -0.05) is 66.7 Å². The standard InChI is InChI=1S/C20H15IO/c1-14-7-8-18(13-19(14)21)15-9-11-17(12-10-15)20(22)16-5-3-2-4-6-16/h2-13H,1H3. The minimum absolute atomic E-state index is 0.0608. The largest absolute Gasteiger partial charge is 0.289 e. The number of aryl methyl sites for hydroxylation is 1. The molecule has 108 valence electrons. The van der Waals surface area contributed by atoms with Crippen molar-refractivity contribution < 1.29 is 4.79 Å². The van der Waals surface area contributed by atoms with E-state index in [2.05, 4.69) is 47.7 Å². The summed E-state index contributed by atoms with van der Waals surface area (Å²) in [6.45, 7) is 2.10. The average Bonchev–Trinajstić information content (AvgIpc) is 2.58. The smallest absolute Gasteiger partial charge is 0.193 e. The predicted octanol–water partition coefficient (Wildman–Crippen LogP) is 5.50. The van der Waals surface area contributed by atoms with Crippen LogP contribution in [0.2, 0.25) is 0 Å². The number of carbonyl (C=O) groups is 1. The predicted molar refractivity (Wildman–Crippen MR) is 99.2 cm³/mol. The maximum absolute atomic E-state index is 12.4. The molecule has 0 aliphatic heterocycles. The SMILES string of the molecule is Cc1ccc(-c2ccc(C(=O)c3ccccc3)cc2)cc1I. The summed E-state index contributed by atoms with van der Waals surface area (Å²) < 4.78 is 1.25. The van der Waals surface area contributed by atoms with Gasteiger partial charge in [-0.2, -0.15) is 0 Å². The minimum Gasteiger partial charge on any atom is -0.289 e. The van der Waals surface area contributed by atoms with Gasteiger partial charge >= 0.3 is 0 Å². The quantitative estimate of drug-likeness (QED) is 0.421. The Balaban J connectivity index is 1.89. The highest BCUT2D eigenvalue weighted by Gasteiger charge is 2.08. The maximum atomic E-state index is 12.4. The first-order chi connectivity index (χ1) is 10.6. The number of hydrogen-bond acceptors (Lipinski definition) is 1. The third kappa shape index (κ3) is 3.12. The van der Waals surface area contributed by atoms with Gasteiger partial charge < -0.3 is 0 Å². The summed E-state index contributed by atoms with van der Waals surface area (Å²) in [5, 5.41) is 0. The number of ketones is 1. The van der Waals surface area contributed by atoms with Crippen LogP contribution in [0.25, 0.3) is 11.1 Å². The monoisotopic (exact) mass is 398 g/mol. The molecule has 0 N–H and O–H groups in total. The summed E-state index contributed by atoms with van der Waals surface area (Å²) >= 11 is 2.35. The van der Waals surface area contributed by atoms with E-state index in [-0.39, 0.29) is 5.78 Å². The molecule has 0 saturated heterocycles. The average molecular weight is 398 g/mol. The third-order valence-electron chi connectivity index (χ3n) is 3.69. The van der Waals surface area contributed by atoms with Gasteiger partial charge in [0.25, 0.3) is 0 Å². The fourth-order valence-corrected chi connectivity index (χ4v) is 2.86. The molecule has 1 nitrogen and oxygen atoms in total. The van der Waals surface area contributed by atoms with E-state index in [0.29, 0.717) is 0 Å². The van der Waals surface area contributed by atoms with Crippen LogP contribution in [0.4, 0.5) is 0 Å². The molecule has 0 aromatic heterocycles. The molecule has 0 spiro atoms. The van der Waals surface area contributed by atoms with Crippen LogP contribution in [0.1, 0.15) is 21.5 Å². The van der Waals surface area contributed by atoms with E-state index in [1.54, 1.807) is 0 Å². The molecule has 0 saturated carbocycles. The summed E-state index contributed by atoms with van der Waals surface area (Å²) in [6, 6.07) is 23.6. The van der Waals surface area contributed by atoms with Gasteiger partial charge in [-0.05, 0) is 52.3 Å². The molecule has 3 aromatic rings. The van der Waals surface area contributed by atoms with Crippen molar-refractivity contribution in [2.75, 3.05) is 0 Å². The Morgan fingerprint density at radius 2 is 1.36 bits per heavy atom. The van der Waals surface area contributed by atoms with Gasteiger partial charge in [0.1, 0.15) is 0 Å². The summed E-state index contributed by atoms with van der Waals surface area (Å²) in [7, 11) is 0. The van der Waals surface area contributed by atoms with Crippen molar-refractivity contribution in [2.45, 2.75) is 6.92 Å². The van der Waals surface area contributed by atoms with Crippen LogP contribution >= 0.6 is 22.6 Å². The summed E-state index contributed by atoms with van der Waals surface area (Å²) in [5.41, 5.74) is 5.02. The fourth-order valence-electron chi connectivity index (χ4n) is 2.34. The lowest BCUT2D eigenvalue weighted by Crippen LogP contribution is -2.00. The Bertz CT molecular complexity index is 805. The van der Waals surface area contributed by atoms with Gasteiger partial charge in [0.2, 0.25) is 0 Å². The first kappa shape index (κ1) is 15.0. The highest BCUT2D eigenvalue weighted by atomic mass is 127. The van der Waals surface area contributed by atoms with Crippen molar-refractivity contribution in [3.63, 3.8) is 0 Å². The zero-order chi connectivity index (χ0) is 15.5. The number of halogens is 1. The van der Waals surface area contributed by atoms with Crippen molar-refractivity contribution in [2.24, 2.45) is 0 Å². The van der Waals surface area contributed by atoms with Crippen LogP contribution in [0.15, 0.2) is 72.8 Å². The lowest BCUT2D eigenvalue weighted by atomic mass is 9.99. The number of carbonyl (C=O) groups excluding carboxylic acids is 1. The Kier molecular flexibility index (Phi) is 4.39.